The van der Waals surface area contributed by atoms with E-state index in [1.807, 2.05) is 24.0 Å². The number of carbonyl (C=O) groups is 1. The zero-order valence-electron chi connectivity index (χ0n) is 19.8. The lowest BCUT2D eigenvalue weighted by atomic mass is 9.73. The summed E-state index contributed by atoms with van der Waals surface area (Å²) in [5.74, 6) is 0.900. The van der Waals surface area contributed by atoms with Crippen LogP contribution in [0.25, 0.3) is 11.0 Å². The van der Waals surface area contributed by atoms with Crippen LogP contribution < -0.4 is 25.9 Å². The van der Waals surface area contributed by atoms with Gasteiger partial charge in [-0.3, -0.25) is 19.1 Å². The molecule has 2 fully saturated rings. The van der Waals surface area contributed by atoms with Crippen molar-refractivity contribution in [2.24, 2.45) is 18.2 Å². The van der Waals surface area contributed by atoms with E-state index in [9.17, 15) is 9.59 Å². The molecule has 0 amide bonds. The molecule has 3 aliphatic heterocycles. The number of rotatable bonds is 4. The molecular weight excluding hydrogens is 452 g/mol. The molecule has 0 radical (unpaired) electrons. The van der Waals surface area contributed by atoms with Crippen molar-refractivity contribution in [3.05, 3.63) is 34.4 Å². The third-order valence-electron chi connectivity index (χ3n) is 7.85. The minimum Gasteiger partial charge on any atom is -0.376 e. The first-order chi connectivity index (χ1) is 16.9. The number of ether oxygens (including phenoxy) is 1. The summed E-state index contributed by atoms with van der Waals surface area (Å²) in [5.41, 5.74) is 8.17. The van der Waals surface area contributed by atoms with Gasteiger partial charge in [0.15, 0.2) is 5.82 Å². The Morgan fingerprint density at radius 2 is 2.09 bits per heavy atom. The standard InChI is InChI=1S/C23H28N8O4/c1-14-18(24)23(12-34-14)6-10-29(11-7-23)22-26-19-17(21(33)28(22)2)20(27-31(19)35-13-32)30-9-5-15-16(30)4-3-8-25-15/h3-4,8,13-14,18H,5-7,9-12,24H2,1-2H3/t14-,18+/m0/s1. The molecule has 3 aliphatic rings. The van der Waals surface area contributed by atoms with Crippen LogP contribution in [0.5, 0.6) is 0 Å². The van der Waals surface area contributed by atoms with E-state index in [0.29, 0.717) is 43.4 Å². The molecule has 0 saturated carbocycles. The molecule has 2 atom stereocenters. The first kappa shape index (κ1) is 22.0. The molecule has 3 aromatic rings. The van der Waals surface area contributed by atoms with Crippen LogP contribution >= 0.6 is 0 Å². The van der Waals surface area contributed by atoms with Crippen molar-refractivity contribution in [3.63, 3.8) is 0 Å². The number of fused-ring (bicyclic) bond motifs is 2. The number of aromatic nitrogens is 5. The van der Waals surface area contributed by atoms with Gasteiger partial charge in [-0.25, -0.2) is 0 Å². The van der Waals surface area contributed by atoms with Gasteiger partial charge in [-0.05, 0) is 31.9 Å². The van der Waals surface area contributed by atoms with E-state index in [-0.39, 0.29) is 35.2 Å². The lowest BCUT2D eigenvalue weighted by Crippen LogP contribution is -2.51. The Morgan fingerprint density at radius 3 is 2.80 bits per heavy atom. The van der Waals surface area contributed by atoms with Crippen LogP contribution in [0, 0.1) is 5.41 Å². The van der Waals surface area contributed by atoms with Gasteiger partial charge in [-0.2, -0.15) is 4.98 Å². The summed E-state index contributed by atoms with van der Waals surface area (Å²) < 4.78 is 7.38. The van der Waals surface area contributed by atoms with Gasteiger partial charge >= 0.3 is 6.47 Å². The number of nitrogens with two attached hydrogens (primary N) is 1. The van der Waals surface area contributed by atoms with E-state index in [0.717, 1.165) is 35.5 Å². The second-order valence-electron chi connectivity index (χ2n) is 9.63. The quantitative estimate of drug-likeness (QED) is 0.514. The molecule has 0 aromatic carbocycles. The zero-order chi connectivity index (χ0) is 24.3. The number of nitrogens with zero attached hydrogens (tertiary/aromatic N) is 7. The van der Waals surface area contributed by atoms with Crippen LogP contribution in [0.15, 0.2) is 23.1 Å². The fourth-order valence-electron chi connectivity index (χ4n) is 5.73. The Balaban J connectivity index is 1.40. The number of hydrogen-bond donors (Lipinski definition) is 1. The van der Waals surface area contributed by atoms with Crippen molar-refractivity contribution < 1.29 is 14.4 Å². The van der Waals surface area contributed by atoms with Gasteiger partial charge in [0.25, 0.3) is 5.56 Å². The maximum atomic E-state index is 13.7. The van der Waals surface area contributed by atoms with Crippen molar-refractivity contribution >= 4 is 35.0 Å². The molecular formula is C23H28N8O4. The minimum atomic E-state index is -0.257. The van der Waals surface area contributed by atoms with Crippen LogP contribution in [0.3, 0.4) is 0 Å². The van der Waals surface area contributed by atoms with Crippen LogP contribution in [-0.4, -0.2) is 69.3 Å². The molecule has 6 rings (SSSR count). The molecule has 0 bridgehead atoms. The van der Waals surface area contributed by atoms with Crippen molar-refractivity contribution in [2.75, 3.05) is 36.0 Å². The Kier molecular flexibility index (Phi) is 5.04. The first-order valence-corrected chi connectivity index (χ1v) is 11.9. The molecule has 35 heavy (non-hydrogen) atoms. The SMILES string of the molecule is C[C@@H]1OCC2(CCN(c3nc4c(c(N5CCc6ncccc65)nn4OC=O)c(=O)n3C)CC2)[C@@H]1N. The topological polar surface area (TPSA) is 134 Å². The molecule has 12 heteroatoms. The van der Waals surface area contributed by atoms with Gasteiger partial charge in [0.05, 0.1) is 24.1 Å². The molecule has 184 valence electrons. The van der Waals surface area contributed by atoms with Gasteiger partial charge in [0, 0.05) is 50.8 Å². The summed E-state index contributed by atoms with van der Waals surface area (Å²) in [6.07, 6.45) is 4.21. The van der Waals surface area contributed by atoms with Crippen molar-refractivity contribution in [1.82, 2.24) is 24.5 Å². The normalized spacial score (nSPS) is 23.3. The number of anilines is 3. The summed E-state index contributed by atoms with van der Waals surface area (Å²) in [6, 6.07) is 3.78. The fraction of sp³-hybridized carbons (Fsp3) is 0.522. The minimum absolute atomic E-state index is 0.00767. The second kappa shape index (κ2) is 8.02. The molecule has 12 nitrogen and oxygen atoms in total. The van der Waals surface area contributed by atoms with Crippen molar-refractivity contribution in [2.45, 2.75) is 38.3 Å². The predicted molar refractivity (Wildman–Crippen MR) is 128 cm³/mol. The molecule has 2 saturated heterocycles. The summed E-state index contributed by atoms with van der Waals surface area (Å²) in [6.45, 7) is 4.95. The van der Waals surface area contributed by atoms with Crippen molar-refractivity contribution in [3.8, 4) is 0 Å². The summed E-state index contributed by atoms with van der Waals surface area (Å²) in [7, 11) is 1.71. The Labute approximate surface area is 201 Å². The highest BCUT2D eigenvalue weighted by atomic mass is 16.7. The maximum absolute atomic E-state index is 13.7. The smallest absolute Gasteiger partial charge is 0.323 e. The molecule has 3 aromatic heterocycles. The van der Waals surface area contributed by atoms with E-state index in [1.165, 1.54) is 0 Å². The second-order valence-corrected chi connectivity index (χ2v) is 9.63. The highest BCUT2D eigenvalue weighted by molar-refractivity contribution is 5.91. The van der Waals surface area contributed by atoms with Crippen LogP contribution in [0.4, 0.5) is 17.5 Å². The highest BCUT2D eigenvalue weighted by Gasteiger charge is 2.48. The Bertz CT molecular complexity index is 1360. The van der Waals surface area contributed by atoms with Gasteiger partial charge in [0.1, 0.15) is 5.39 Å². The third kappa shape index (κ3) is 3.23. The van der Waals surface area contributed by atoms with E-state index >= 15 is 0 Å². The third-order valence-corrected chi connectivity index (χ3v) is 7.85. The van der Waals surface area contributed by atoms with Crippen LogP contribution in [0.1, 0.15) is 25.5 Å². The lowest BCUT2D eigenvalue weighted by molar-refractivity contribution is -0.130. The first-order valence-electron chi connectivity index (χ1n) is 11.9. The highest BCUT2D eigenvalue weighted by Crippen LogP contribution is 2.42. The van der Waals surface area contributed by atoms with Gasteiger partial charge < -0.3 is 25.1 Å². The maximum Gasteiger partial charge on any atom is 0.323 e. The lowest BCUT2D eigenvalue weighted by Gasteiger charge is -2.41. The number of piperidine rings is 1. The largest absolute Gasteiger partial charge is 0.376 e. The Morgan fingerprint density at radius 1 is 1.29 bits per heavy atom. The van der Waals surface area contributed by atoms with Crippen molar-refractivity contribution in [1.29, 1.82) is 0 Å². The van der Waals surface area contributed by atoms with E-state index in [2.05, 4.69) is 15.0 Å². The van der Waals surface area contributed by atoms with Gasteiger partial charge in [0.2, 0.25) is 11.6 Å². The average Bonchev–Trinajstić information content (AvgIpc) is 3.53. The number of carbonyl (C=O) groups excluding carboxylic acids is 1. The molecule has 0 aliphatic carbocycles. The van der Waals surface area contributed by atoms with Crippen LogP contribution in [0.2, 0.25) is 0 Å². The monoisotopic (exact) mass is 480 g/mol. The van der Waals surface area contributed by atoms with E-state index in [4.69, 9.17) is 20.3 Å². The molecule has 6 heterocycles. The van der Waals surface area contributed by atoms with Gasteiger partial charge in [-0.1, -0.05) is 4.85 Å². The fourth-order valence-corrected chi connectivity index (χ4v) is 5.73. The summed E-state index contributed by atoms with van der Waals surface area (Å²) in [4.78, 5) is 44.2. The van der Waals surface area contributed by atoms with E-state index in [1.54, 1.807) is 17.8 Å². The molecule has 1 spiro atoms. The molecule has 2 N–H and O–H groups in total. The van der Waals surface area contributed by atoms with Gasteiger partial charge in [-0.15, -0.1) is 5.10 Å². The molecule has 0 unspecified atom stereocenters. The predicted octanol–water partition coefficient (Wildman–Crippen LogP) is 0.137. The average molecular weight is 481 g/mol. The Hall–Kier alpha value is -3.51. The number of pyridine rings is 1. The number of hydrogen-bond acceptors (Lipinski definition) is 10. The van der Waals surface area contributed by atoms with Crippen LogP contribution in [-0.2, 0) is 23.0 Å². The summed E-state index contributed by atoms with van der Waals surface area (Å²) in [5, 5.41) is 4.75. The van der Waals surface area contributed by atoms with E-state index < -0.39 is 0 Å². The summed E-state index contributed by atoms with van der Waals surface area (Å²) >= 11 is 0. The zero-order valence-corrected chi connectivity index (χ0v) is 19.8.